The van der Waals surface area contributed by atoms with E-state index in [-0.39, 0.29) is 37.3 Å². The van der Waals surface area contributed by atoms with Gasteiger partial charge in [-0.25, -0.2) is 9.78 Å². The zero-order valence-corrected chi connectivity index (χ0v) is 28.3. The first-order valence-corrected chi connectivity index (χ1v) is 15.6. The molecule has 0 aliphatic heterocycles. The highest BCUT2D eigenvalue weighted by Crippen LogP contribution is 2.36. The Hall–Kier alpha value is -5.13. The molecule has 0 aliphatic carbocycles. The average Bonchev–Trinajstić information content (AvgIpc) is 3.08. The highest BCUT2D eigenvalue weighted by molar-refractivity contribution is 6.38. The molecule has 4 aromatic rings. The third kappa shape index (κ3) is 9.02. The maximum Gasteiger partial charge on any atom is 0.344 e. The lowest BCUT2D eigenvalue weighted by Crippen LogP contribution is -2.37. The third-order valence-electron chi connectivity index (χ3n) is 7.06. The topological polar surface area (TPSA) is 136 Å². The van der Waals surface area contributed by atoms with Crippen LogP contribution in [0.2, 0.25) is 10.0 Å². The number of ether oxygens (including phenoxy) is 3. The molecule has 0 spiro atoms. The second-order valence-electron chi connectivity index (χ2n) is 10.4. The zero-order valence-electron chi connectivity index (χ0n) is 26.8. The molecule has 11 nitrogen and oxygen atoms in total. The number of amides is 3. The Kier molecular flexibility index (Phi) is 12.4. The Morgan fingerprint density at radius 3 is 2.44 bits per heavy atom. The van der Waals surface area contributed by atoms with Gasteiger partial charge in [-0.2, -0.15) is 0 Å². The smallest absolute Gasteiger partial charge is 0.344 e. The first-order chi connectivity index (χ1) is 23.0. The van der Waals surface area contributed by atoms with Crippen molar-refractivity contribution in [2.24, 2.45) is 0 Å². The lowest BCUT2D eigenvalue weighted by atomic mass is 10.1. The van der Waals surface area contributed by atoms with Crippen LogP contribution in [0.1, 0.15) is 34.1 Å². The second kappa shape index (κ2) is 16.6. The van der Waals surface area contributed by atoms with E-state index in [2.05, 4.69) is 15.6 Å². The number of para-hydroxylation sites is 1. The van der Waals surface area contributed by atoms with Crippen molar-refractivity contribution in [3.8, 4) is 11.5 Å². The molecule has 0 atom stereocenters. The fraction of sp³-hybridized carbons (Fsp3) is 0.229. The highest BCUT2D eigenvalue weighted by Gasteiger charge is 2.20. The quantitative estimate of drug-likeness (QED) is 0.138. The van der Waals surface area contributed by atoms with E-state index < -0.39 is 17.8 Å². The number of nitrogens with one attached hydrogen (secondary N) is 2. The van der Waals surface area contributed by atoms with Crippen LogP contribution in [0, 0.1) is 6.92 Å². The maximum absolute atomic E-state index is 13.0. The van der Waals surface area contributed by atoms with Crippen LogP contribution in [0.3, 0.4) is 0 Å². The molecule has 1 heterocycles. The predicted octanol–water partition coefficient (Wildman–Crippen LogP) is 5.52. The van der Waals surface area contributed by atoms with E-state index in [1.165, 1.54) is 18.0 Å². The summed E-state index contributed by atoms with van der Waals surface area (Å²) in [7, 11) is 3.08. The number of hydrogen-bond donors (Lipinski definition) is 2. The molecule has 0 fully saturated rings. The fourth-order valence-corrected chi connectivity index (χ4v) is 5.16. The Labute approximate surface area is 287 Å². The van der Waals surface area contributed by atoms with Gasteiger partial charge in [-0.05, 0) is 61.9 Å². The van der Waals surface area contributed by atoms with Crippen molar-refractivity contribution in [2.45, 2.75) is 20.5 Å². The molecule has 4 rings (SSSR count). The van der Waals surface area contributed by atoms with Gasteiger partial charge < -0.3 is 29.7 Å². The van der Waals surface area contributed by atoms with Gasteiger partial charge in [0.25, 0.3) is 5.91 Å². The molecule has 0 unspecified atom stereocenters. The van der Waals surface area contributed by atoms with Crippen LogP contribution in [0.15, 0.2) is 66.7 Å². The van der Waals surface area contributed by atoms with E-state index in [4.69, 9.17) is 37.4 Å². The summed E-state index contributed by atoms with van der Waals surface area (Å²) in [6.07, 6.45) is 2.87. The van der Waals surface area contributed by atoms with Gasteiger partial charge in [0.2, 0.25) is 11.8 Å². The number of fused-ring (bicyclic) bond motifs is 1. The monoisotopic (exact) mass is 692 g/mol. The number of hydrogen-bond acceptors (Lipinski definition) is 8. The van der Waals surface area contributed by atoms with Gasteiger partial charge in [0.05, 0.1) is 23.9 Å². The number of esters is 1. The van der Waals surface area contributed by atoms with Crippen molar-refractivity contribution >= 4 is 69.6 Å². The van der Waals surface area contributed by atoms with Crippen molar-refractivity contribution in [1.29, 1.82) is 0 Å². The number of aryl methyl sites for hydroxylation is 1. The summed E-state index contributed by atoms with van der Waals surface area (Å²) in [4.78, 5) is 54.9. The van der Waals surface area contributed by atoms with Crippen molar-refractivity contribution in [3.05, 3.63) is 99.2 Å². The van der Waals surface area contributed by atoms with Gasteiger partial charge in [-0.3, -0.25) is 14.4 Å². The molecule has 3 aromatic carbocycles. The van der Waals surface area contributed by atoms with E-state index in [9.17, 15) is 19.2 Å². The van der Waals surface area contributed by atoms with Crippen LogP contribution in [0.4, 0.5) is 5.69 Å². The van der Waals surface area contributed by atoms with Gasteiger partial charge in [0.1, 0.15) is 23.6 Å². The third-order valence-corrected chi connectivity index (χ3v) is 7.83. The van der Waals surface area contributed by atoms with E-state index in [1.54, 1.807) is 87.6 Å². The van der Waals surface area contributed by atoms with Gasteiger partial charge in [-0.15, -0.1) is 0 Å². The summed E-state index contributed by atoms with van der Waals surface area (Å²) in [5.41, 5.74) is 3.17. The summed E-state index contributed by atoms with van der Waals surface area (Å²) >= 11 is 13.2. The minimum absolute atomic E-state index is 0.0487. The number of carbonyl (C=O) groups excluding carboxylic acids is 4. The molecule has 13 heteroatoms. The first-order valence-electron chi connectivity index (χ1n) is 14.8. The summed E-state index contributed by atoms with van der Waals surface area (Å²) in [5.74, 6) is -0.714. The van der Waals surface area contributed by atoms with Crippen LogP contribution in [-0.4, -0.2) is 62.5 Å². The Morgan fingerprint density at radius 1 is 0.979 bits per heavy atom. The standard InChI is InChI=1S/C35H34Cl2N4O7/c1-5-46-32(44)20-48-29-17-21(2)40-34-24(29)7-6-8-28(34)47-19-25-26(36)14-15-27(33(25)37)41(4)31(43)18-39-30(42)16-11-22-9-12-23(13-10-22)35(45)38-3/h6-17H,5,18-20H2,1-4H3,(H,38,45)(H,39,42)/b16-11+. The van der Waals surface area contributed by atoms with Crippen LogP contribution in [0.5, 0.6) is 11.5 Å². The largest absolute Gasteiger partial charge is 0.487 e. The van der Waals surface area contributed by atoms with E-state index >= 15 is 0 Å². The van der Waals surface area contributed by atoms with Crippen molar-refractivity contribution < 1.29 is 33.4 Å². The zero-order chi connectivity index (χ0) is 34.8. The minimum atomic E-state index is -0.484. The van der Waals surface area contributed by atoms with Gasteiger partial charge in [0, 0.05) is 53.5 Å². The molecule has 48 heavy (non-hydrogen) atoms. The van der Waals surface area contributed by atoms with E-state index in [1.807, 2.05) is 0 Å². The summed E-state index contributed by atoms with van der Waals surface area (Å²) in [6, 6.07) is 16.9. The molecular weight excluding hydrogens is 659 g/mol. The molecule has 250 valence electrons. The molecule has 1 aromatic heterocycles. The van der Waals surface area contributed by atoms with Crippen LogP contribution >= 0.6 is 23.2 Å². The van der Waals surface area contributed by atoms with Crippen LogP contribution < -0.4 is 25.0 Å². The Morgan fingerprint density at radius 2 is 1.73 bits per heavy atom. The van der Waals surface area contributed by atoms with Crippen LogP contribution in [-0.2, 0) is 25.7 Å². The van der Waals surface area contributed by atoms with Crippen LogP contribution in [0.25, 0.3) is 17.0 Å². The Balaban J connectivity index is 1.42. The van der Waals surface area contributed by atoms with Gasteiger partial charge >= 0.3 is 5.97 Å². The van der Waals surface area contributed by atoms with Crippen molar-refractivity contribution in [2.75, 3.05) is 38.8 Å². The van der Waals surface area contributed by atoms with Crippen molar-refractivity contribution in [3.63, 3.8) is 0 Å². The predicted molar refractivity (Wildman–Crippen MR) is 185 cm³/mol. The molecule has 0 bridgehead atoms. The number of likely N-dealkylation sites (N-methyl/N-ethyl adjacent to an activating group) is 1. The summed E-state index contributed by atoms with van der Waals surface area (Å²) < 4.78 is 16.8. The Bertz CT molecular complexity index is 1860. The average molecular weight is 694 g/mol. The van der Waals surface area contributed by atoms with E-state index in [0.29, 0.717) is 55.5 Å². The maximum atomic E-state index is 13.0. The molecule has 0 radical (unpaired) electrons. The molecule has 0 aliphatic rings. The van der Waals surface area contributed by atoms with Gasteiger partial charge in [0.15, 0.2) is 6.61 Å². The summed E-state index contributed by atoms with van der Waals surface area (Å²) in [6.45, 7) is 3.18. The molecule has 3 amide bonds. The highest BCUT2D eigenvalue weighted by atomic mass is 35.5. The normalized spacial score (nSPS) is 10.9. The number of carbonyl (C=O) groups is 4. The SMILES string of the molecule is CCOC(=O)COc1cc(C)nc2c(OCc3c(Cl)ccc(N(C)C(=O)CNC(=O)/C=C/c4ccc(C(=O)NC)cc4)c3Cl)cccc12. The number of aromatic nitrogens is 1. The number of anilines is 1. The number of halogens is 2. The number of benzene rings is 3. The lowest BCUT2D eigenvalue weighted by Gasteiger charge is -2.21. The molecule has 0 saturated carbocycles. The molecule has 0 saturated heterocycles. The fourth-order valence-electron chi connectivity index (χ4n) is 4.55. The minimum Gasteiger partial charge on any atom is -0.487 e. The van der Waals surface area contributed by atoms with E-state index in [0.717, 1.165) is 0 Å². The van der Waals surface area contributed by atoms with Gasteiger partial charge in [-0.1, -0.05) is 41.4 Å². The number of nitrogens with zero attached hydrogens (tertiary/aromatic N) is 2. The lowest BCUT2D eigenvalue weighted by molar-refractivity contribution is -0.145. The molecular formula is C35H34Cl2N4O7. The first kappa shape index (κ1) is 35.7. The number of rotatable bonds is 13. The van der Waals surface area contributed by atoms with Crippen molar-refractivity contribution in [1.82, 2.24) is 15.6 Å². The summed E-state index contributed by atoms with van der Waals surface area (Å²) in [5, 5.41) is 6.27. The second-order valence-corrected chi connectivity index (χ2v) is 11.1. The number of pyridine rings is 1. The molecule has 2 N–H and O–H groups in total.